The van der Waals surface area contributed by atoms with Crippen molar-refractivity contribution in [3.63, 3.8) is 0 Å². The van der Waals surface area contributed by atoms with E-state index in [1.54, 1.807) is 26.0 Å². The van der Waals surface area contributed by atoms with Gasteiger partial charge in [0.05, 0.1) is 5.41 Å². The van der Waals surface area contributed by atoms with E-state index in [0.29, 0.717) is 17.6 Å². The summed E-state index contributed by atoms with van der Waals surface area (Å²) in [4.78, 5) is 11.2. The van der Waals surface area contributed by atoms with Crippen LogP contribution in [0.25, 0.3) is 0 Å². The van der Waals surface area contributed by atoms with Gasteiger partial charge in [0.1, 0.15) is 11.5 Å². The van der Waals surface area contributed by atoms with Crippen molar-refractivity contribution >= 4 is 5.97 Å². The molecule has 0 aliphatic heterocycles. The smallest absolute Gasteiger partial charge is 0.309 e. The summed E-state index contributed by atoms with van der Waals surface area (Å²) in [5.74, 6) is -0.168. The minimum absolute atomic E-state index is 0.280. The molecule has 0 aliphatic carbocycles. The molecule has 172 valence electrons. The Hall–Kier alpha value is -1.71. The Morgan fingerprint density at radius 3 is 1.50 bits per heavy atom. The number of unbranched alkanes of at least 4 members (excludes halogenated alkanes) is 6. The first-order chi connectivity index (χ1) is 13.9. The van der Waals surface area contributed by atoms with E-state index in [0.717, 1.165) is 62.5 Å². The minimum atomic E-state index is -0.741. The molecule has 30 heavy (non-hydrogen) atoms. The van der Waals surface area contributed by atoms with E-state index in [1.807, 2.05) is 0 Å². The summed E-state index contributed by atoms with van der Waals surface area (Å²) < 4.78 is 0. The van der Waals surface area contributed by atoms with Crippen LogP contribution in [0.4, 0.5) is 0 Å². The summed E-state index contributed by atoms with van der Waals surface area (Å²) in [6, 6.07) is 3.19. The number of hydrogen-bond donors (Lipinski definition) is 3. The third-order valence-corrected chi connectivity index (χ3v) is 6.04. The van der Waals surface area contributed by atoms with Crippen LogP contribution in [0.3, 0.4) is 0 Å². The van der Waals surface area contributed by atoms with Gasteiger partial charge in [0.2, 0.25) is 0 Å². The lowest BCUT2D eigenvalue weighted by atomic mass is 9.87. The summed E-state index contributed by atoms with van der Waals surface area (Å²) in [5, 5.41) is 29.9. The molecule has 1 aromatic rings. The van der Waals surface area contributed by atoms with E-state index < -0.39 is 11.4 Å². The molecule has 0 saturated heterocycles. The van der Waals surface area contributed by atoms with Crippen LogP contribution >= 0.6 is 0 Å². The number of phenols is 2. The molecule has 0 heterocycles. The molecule has 0 amide bonds. The van der Waals surface area contributed by atoms with Crippen LogP contribution in [0.1, 0.15) is 110 Å². The van der Waals surface area contributed by atoms with Crippen molar-refractivity contribution in [1.29, 1.82) is 0 Å². The first-order valence-electron chi connectivity index (χ1n) is 11.7. The maximum atomic E-state index is 11.2. The first-order valence-corrected chi connectivity index (χ1v) is 11.7. The predicted molar refractivity (Wildman–Crippen MR) is 124 cm³/mol. The van der Waals surface area contributed by atoms with Gasteiger partial charge < -0.3 is 15.3 Å². The van der Waals surface area contributed by atoms with Gasteiger partial charge >= 0.3 is 5.97 Å². The molecule has 0 aromatic heterocycles. The lowest BCUT2D eigenvalue weighted by Gasteiger charge is -2.18. The van der Waals surface area contributed by atoms with E-state index in [1.165, 1.54) is 19.3 Å². The number of hydrogen-bond acceptors (Lipinski definition) is 3. The Balaban J connectivity index is 2.45. The van der Waals surface area contributed by atoms with Gasteiger partial charge in [-0.25, -0.2) is 0 Å². The normalized spacial score (nSPS) is 12.3. The molecule has 0 atom stereocenters. The highest BCUT2D eigenvalue weighted by Crippen LogP contribution is 2.32. The lowest BCUT2D eigenvalue weighted by Crippen LogP contribution is -2.23. The van der Waals surface area contributed by atoms with Crippen LogP contribution in [0.2, 0.25) is 0 Å². The van der Waals surface area contributed by atoms with Crippen LogP contribution in [-0.4, -0.2) is 21.3 Å². The fourth-order valence-corrected chi connectivity index (χ4v) is 3.87. The molecule has 0 spiro atoms. The topological polar surface area (TPSA) is 77.8 Å². The molecule has 0 radical (unpaired) electrons. The molecular formula is C26H44O4. The number of carboxylic acid groups (broad SMARTS) is 1. The fraction of sp³-hybridized carbons (Fsp3) is 0.731. The standard InChI is InChI=1S/C26H44O4/c1-25(2,3)18-12-8-6-10-14-20-21(23(28)17-16-22(20)27)15-11-7-9-13-19-26(4,5)24(29)30/h16-17,27-28H,6-15,18-19H2,1-5H3,(H,29,30). The highest BCUT2D eigenvalue weighted by atomic mass is 16.4. The van der Waals surface area contributed by atoms with Crippen molar-refractivity contribution in [2.45, 2.75) is 112 Å². The Kier molecular flexibility index (Phi) is 10.7. The quantitative estimate of drug-likeness (QED) is 0.219. The van der Waals surface area contributed by atoms with E-state index in [-0.39, 0.29) is 5.75 Å². The monoisotopic (exact) mass is 420 g/mol. The predicted octanol–water partition coefficient (Wildman–Crippen LogP) is 7.24. The van der Waals surface area contributed by atoms with Gasteiger partial charge in [0.15, 0.2) is 0 Å². The molecule has 0 fully saturated rings. The Morgan fingerprint density at radius 2 is 1.10 bits per heavy atom. The van der Waals surface area contributed by atoms with Crippen molar-refractivity contribution in [2.24, 2.45) is 10.8 Å². The summed E-state index contributed by atoms with van der Waals surface area (Å²) in [6.07, 6.45) is 11.9. The van der Waals surface area contributed by atoms with Crippen molar-refractivity contribution in [3.05, 3.63) is 23.3 Å². The third kappa shape index (κ3) is 9.86. The average Bonchev–Trinajstić information content (AvgIpc) is 2.63. The summed E-state index contributed by atoms with van der Waals surface area (Å²) in [7, 11) is 0. The van der Waals surface area contributed by atoms with Gasteiger partial charge in [-0.05, 0) is 69.9 Å². The van der Waals surface area contributed by atoms with Crippen molar-refractivity contribution < 1.29 is 20.1 Å². The number of aromatic hydroxyl groups is 2. The fourth-order valence-electron chi connectivity index (χ4n) is 3.87. The van der Waals surface area contributed by atoms with E-state index in [2.05, 4.69) is 20.8 Å². The average molecular weight is 421 g/mol. The maximum Gasteiger partial charge on any atom is 0.309 e. The second kappa shape index (κ2) is 12.2. The molecule has 1 rings (SSSR count). The largest absolute Gasteiger partial charge is 0.508 e. The Labute approximate surface area is 183 Å². The Morgan fingerprint density at radius 1 is 0.700 bits per heavy atom. The number of benzene rings is 1. The van der Waals surface area contributed by atoms with E-state index in [9.17, 15) is 20.1 Å². The van der Waals surface area contributed by atoms with Crippen LogP contribution in [0, 0.1) is 10.8 Å². The summed E-state index contributed by atoms with van der Waals surface area (Å²) in [5.41, 5.74) is 1.51. The molecule has 0 saturated carbocycles. The zero-order chi connectivity index (χ0) is 22.8. The van der Waals surface area contributed by atoms with Crippen LogP contribution in [0.15, 0.2) is 12.1 Å². The van der Waals surface area contributed by atoms with E-state index >= 15 is 0 Å². The van der Waals surface area contributed by atoms with Gasteiger partial charge in [-0.15, -0.1) is 0 Å². The maximum absolute atomic E-state index is 11.2. The van der Waals surface area contributed by atoms with Gasteiger partial charge in [-0.1, -0.05) is 59.3 Å². The number of carboxylic acids is 1. The van der Waals surface area contributed by atoms with Gasteiger partial charge in [0.25, 0.3) is 0 Å². The molecule has 3 N–H and O–H groups in total. The molecule has 0 aliphatic rings. The second-order valence-electron chi connectivity index (χ2n) is 10.6. The second-order valence-corrected chi connectivity index (χ2v) is 10.6. The zero-order valence-corrected chi connectivity index (χ0v) is 19.9. The van der Waals surface area contributed by atoms with E-state index in [4.69, 9.17) is 0 Å². The highest BCUT2D eigenvalue weighted by Gasteiger charge is 2.25. The van der Waals surface area contributed by atoms with Gasteiger partial charge in [0, 0.05) is 11.1 Å². The zero-order valence-electron chi connectivity index (χ0n) is 19.9. The minimum Gasteiger partial charge on any atom is -0.508 e. The molecule has 4 heteroatoms. The number of rotatable bonds is 14. The van der Waals surface area contributed by atoms with Crippen molar-refractivity contribution in [3.8, 4) is 11.5 Å². The van der Waals surface area contributed by atoms with Crippen LogP contribution in [0.5, 0.6) is 11.5 Å². The molecule has 1 aromatic carbocycles. The summed E-state index contributed by atoms with van der Waals surface area (Å²) >= 11 is 0. The number of carbonyl (C=O) groups is 1. The first kappa shape index (κ1) is 26.3. The summed E-state index contributed by atoms with van der Waals surface area (Å²) in [6.45, 7) is 10.4. The lowest BCUT2D eigenvalue weighted by molar-refractivity contribution is -0.147. The highest BCUT2D eigenvalue weighted by molar-refractivity contribution is 5.73. The third-order valence-electron chi connectivity index (χ3n) is 6.04. The molecule has 0 bridgehead atoms. The van der Waals surface area contributed by atoms with Crippen molar-refractivity contribution in [1.82, 2.24) is 0 Å². The van der Waals surface area contributed by atoms with Gasteiger partial charge in [-0.2, -0.15) is 0 Å². The van der Waals surface area contributed by atoms with Crippen LogP contribution < -0.4 is 0 Å². The van der Waals surface area contributed by atoms with Gasteiger partial charge in [-0.3, -0.25) is 4.79 Å². The number of phenolic OH excluding ortho intramolecular Hbond substituents is 2. The number of aliphatic carboxylic acids is 1. The molecular weight excluding hydrogens is 376 g/mol. The Bertz CT molecular complexity index is 656. The molecule has 4 nitrogen and oxygen atoms in total. The molecule has 0 unspecified atom stereocenters. The SMILES string of the molecule is CC(C)(C)CCCCCCc1c(O)ccc(O)c1CCCCCCC(C)(C)C(=O)O. The van der Waals surface area contributed by atoms with Crippen LogP contribution in [-0.2, 0) is 17.6 Å². The van der Waals surface area contributed by atoms with Crippen molar-refractivity contribution in [2.75, 3.05) is 0 Å².